The molecule has 0 radical (unpaired) electrons. The summed E-state index contributed by atoms with van der Waals surface area (Å²) in [6.07, 6.45) is 0.0737. The Balaban J connectivity index is 1.53. The van der Waals surface area contributed by atoms with E-state index in [0.717, 1.165) is 17.2 Å². The molecule has 36 heavy (non-hydrogen) atoms. The molecule has 0 saturated carbocycles. The summed E-state index contributed by atoms with van der Waals surface area (Å²) in [5, 5.41) is 2.75. The molecule has 0 bridgehead atoms. The molecular formula is C27H25F3N4O2. The number of carbonyl (C=O) groups excluding carboxylic acids is 1. The van der Waals surface area contributed by atoms with E-state index in [4.69, 9.17) is 4.42 Å². The van der Waals surface area contributed by atoms with Crippen molar-refractivity contribution in [2.75, 3.05) is 0 Å². The molecule has 186 valence electrons. The van der Waals surface area contributed by atoms with Crippen LogP contribution in [0.5, 0.6) is 0 Å². The van der Waals surface area contributed by atoms with E-state index in [9.17, 15) is 18.0 Å². The summed E-state index contributed by atoms with van der Waals surface area (Å²) < 4.78 is 46.5. The number of carbonyl (C=O) groups is 1. The van der Waals surface area contributed by atoms with Gasteiger partial charge in [0.1, 0.15) is 6.26 Å². The molecule has 0 unspecified atom stereocenters. The molecule has 4 rings (SSSR count). The normalized spacial score (nSPS) is 12.5. The van der Waals surface area contributed by atoms with Crippen molar-refractivity contribution < 1.29 is 22.4 Å². The number of nitrogens with one attached hydrogen (secondary N) is 1. The van der Waals surface area contributed by atoms with Gasteiger partial charge in [-0.05, 0) is 35.7 Å². The number of aromatic nitrogens is 2. The molecule has 1 N–H and O–H groups in total. The van der Waals surface area contributed by atoms with E-state index in [1.165, 1.54) is 18.4 Å². The van der Waals surface area contributed by atoms with Crippen molar-refractivity contribution >= 4 is 5.91 Å². The standard InChI is InChI=1S/C27H25F3N4O2/c1-19(21-9-3-2-4-10-21)34(16-22-11-5-6-12-23(22)27(28,29)30)17-25-33-24(18-36-25)26(35)32-15-20-8-7-13-31-14-20/h2-14,18-19H,15-17H2,1H3,(H,32,35)/t19-/m0/s1. The van der Waals surface area contributed by atoms with Crippen LogP contribution in [0.15, 0.2) is 89.8 Å². The molecule has 0 aliphatic heterocycles. The van der Waals surface area contributed by atoms with Crippen LogP contribution in [0.4, 0.5) is 13.2 Å². The van der Waals surface area contributed by atoms with Gasteiger partial charge in [-0.2, -0.15) is 13.2 Å². The van der Waals surface area contributed by atoms with Crippen LogP contribution in [0.3, 0.4) is 0 Å². The fourth-order valence-corrected chi connectivity index (χ4v) is 3.86. The maximum absolute atomic E-state index is 13.6. The van der Waals surface area contributed by atoms with Crippen LogP contribution in [0, 0.1) is 0 Å². The minimum Gasteiger partial charge on any atom is -0.447 e. The number of alkyl halides is 3. The predicted octanol–water partition coefficient (Wildman–Crippen LogP) is 5.78. The Morgan fingerprint density at radius 1 is 1.03 bits per heavy atom. The largest absolute Gasteiger partial charge is 0.447 e. The molecule has 0 aliphatic carbocycles. The van der Waals surface area contributed by atoms with Gasteiger partial charge >= 0.3 is 6.18 Å². The Morgan fingerprint density at radius 3 is 2.50 bits per heavy atom. The monoisotopic (exact) mass is 494 g/mol. The molecule has 0 saturated heterocycles. The Kier molecular flexibility index (Phi) is 7.80. The zero-order valence-corrected chi connectivity index (χ0v) is 19.6. The summed E-state index contributed by atoms with van der Waals surface area (Å²) in [6, 6.07) is 18.3. The van der Waals surface area contributed by atoms with Crippen LogP contribution in [0.1, 0.15) is 51.6 Å². The van der Waals surface area contributed by atoms with Crippen LogP contribution >= 0.6 is 0 Å². The average molecular weight is 495 g/mol. The van der Waals surface area contributed by atoms with Gasteiger partial charge in [0.15, 0.2) is 5.69 Å². The number of rotatable bonds is 9. The van der Waals surface area contributed by atoms with Gasteiger partial charge in [0.2, 0.25) is 5.89 Å². The molecule has 2 aromatic heterocycles. The van der Waals surface area contributed by atoms with Gasteiger partial charge in [0.25, 0.3) is 5.91 Å². The Bertz CT molecular complexity index is 1280. The number of halogens is 3. The van der Waals surface area contributed by atoms with Gasteiger partial charge < -0.3 is 9.73 Å². The zero-order valence-electron chi connectivity index (χ0n) is 19.6. The number of hydrogen-bond acceptors (Lipinski definition) is 5. The third-order valence-corrected chi connectivity index (χ3v) is 5.82. The summed E-state index contributed by atoms with van der Waals surface area (Å²) in [6.45, 7) is 2.31. The second-order valence-corrected chi connectivity index (χ2v) is 8.32. The highest BCUT2D eigenvalue weighted by Crippen LogP contribution is 2.34. The summed E-state index contributed by atoms with van der Waals surface area (Å²) in [5.74, 6) is -0.187. The fraction of sp³-hybridized carbons (Fsp3) is 0.222. The predicted molar refractivity (Wildman–Crippen MR) is 127 cm³/mol. The van der Waals surface area contributed by atoms with Crippen molar-refractivity contribution in [1.82, 2.24) is 20.2 Å². The second kappa shape index (κ2) is 11.2. The molecule has 0 spiro atoms. The molecule has 4 aromatic rings. The molecule has 9 heteroatoms. The molecule has 6 nitrogen and oxygen atoms in total. The van der Waals surface area contributed by atoms with Gasteiger partial charge in [-0.15, -0.1) is 0 Å². The lowest BCUT2D eigenvalue weighted by Gasteiger charge is -2.29. The van der Waals surface area contributed by atoms with Crippen molar-refractivity contribution in [2.24, 2.45) is 0 Å². The van der Waals surface area contributed by atoms with E-state index in [0.29, 0.717) is 0 Å². The van der Waals surface area contributed by atoms with Crippen molar-refractivity contribution in [2.45, 2.75) is 38.8 Å². The van der Waals surface area contributed by atoms with Crippen LogP contribution in [-0.2, 0) is 25.8 Å². The van der Waals surface area contributed by atoms with Crippen LogP contribution in [0.25, 0.3) is 0 Å². The highest BCUT2D eigenvalue weighted by molar-refractivity contribution is 5.91. The SMILES string of the molecule is C[C@@H](c1ccccc1)N(Cc1nc(C(=O)NCc2cccnc2)co1)Cc1ccccc1C(F)(F)F. The summed E-state index contributed by atoms with van der Waals surface area (Å²) in [4.78, 5) is 22.7. The first-order chi connectivity index (χ1) is 17.3. The highest BCUT2D eigenvalue weighted by atomic mass is 19.4. The number of nitrogens with zero attached hydrogens (tertiary/aromatic N) is 3. The maximum Gasteiger partial charge on any atom is 0.416 e. The number of hydrogen-bond donors (Lipinski definition) is 1. The number of pyridine rings is 1. The Morgan fingerprint density at radius 2 is 1.78 bits per heavy atom. The smallest absolute Gasteiger partial charge is 0.416 e. The molecule has 1 atom stereocenters. The van der Waals surface area contributed by atoms with Crippen LogP contribution in [0.2, 0.25) is 0 Å². The topological polar surface area (TPSA) is 71.3 Å². The van der Waals surface area contributed by atoms with E-state index < -0.39 is 17.6 Å². The fourth-order valence-electron chi connectivity index (χ4n) is 3.86. The van der Waals surface area contributed by atoms with Crippen molar-refractivity contribution in [3.8, 4) is 0 Å². The molecule has 0 aliphatic rings. The van der Waals surface area contributed by atoms with E-state index in [2.05, 4.69) is 15.3 Å². The highest BCUT2D eigenvalue weighted by Gasteiger charge is 2.34. The molecule has 1 amide bonds. The van der Waals surface area contributed by atoms with Gasteiger partial charge in [0.05, 0.1) is 12.1 Å². The minimum absolute atomic E-state index is 0.0106. The zero-order chi connectivity index (χ0) is 25.5. The van der Waals surface area contributed by atoms with E-state index in [1.54, 1.807) is 24.5 Å². The second-order valence-electron chi connectivity index (χ2n) is 8.32. The summed E-state index contributed by atoms with van der Waals surface area (Å²) in [5.41, 5.74) is 1.33. The molecular weight excluding hydrogens is 469 g/mol. The number of benzene rings is 2. The van der Waals surface area contributed by atoms with Gasteiger partial charge in [-0.25, -0.2) is 4.98 Å². The minimum atomic E-state index is -4.47. The van der Waals surface area contributed by atoms with Crippen molar-refractivity contribution in [3.05, 3.63) is 119 Å². The third-order valence-electron chi connectivity index (χ3n) is 5.82. The molecule has 0 fully saturated rings. The maximum atomic E-state index is 13.6. The van der Waals surface area contributed by atoms with Crippen LogP contribution < -0.4 is 5.32 Å². The van der Waals surface area contributed by atoms with Gasteiger partial charge in [0, 0.05) is 31.5 Å². The van der Waals surface area contributed by atoms with Gasteiger partial charge in [-0.1, -0.05) is 54.6 Å². The number of amides is 1. The van der Waals surface area contributed by atoms with E-state index in [1.807, 2.05) is 48.2 Å². The van der Waals surface area contributed by atoms with Crippen LogP contribution in [-0.4, -0.2) is 20.8 Å². The number of oxazole rings is 1. The average Bonchev–Trinajstić information content (AvgIpc) is 3.36. The Labute approximate surface area is 206 Å². The van der Waals surface area contributed by atoms with Crippen molar-refractivity contribution in [3.63, 3.8) is 0 Å². The van der Waals surface area contributed by atoms with Gasteiger partial charge in [-0.3, -0.25) is 14.7 Å². The van der Waals surface area contributed by atoms with Crippen molar-refractivity contribution in [1.29, 1.82) is 0 Å². The first-order valence-electron chi connectivity index (χ1n) is 11.4. The summed E-state index contributed by atoms with van der Waals surface area (Å²) in [7, 11) is 0. The van der Waals surface area contributed by atoms with E-state index >= 15 is 0 Å². The summed E-state index contributed by atoms with van der Waals surface area (Å²) >= 11 is 0. The van der Waals surface area contributed by atoms with E-state index in [-0.39, 0.29) is 42.8 Å². The lowest BCUT2D eigenvalue weighted by atomic mass is 10.0. The quantitative estimate of drug-likeness (QED) is 0.319. The molecule has 2 aromatic carbocycles. The lowest BCUT2D eigenvalue weighted by Crippen LogP contribution is -2.28. The third kappa shape index (κ3) is 6.37. The molecule has 2 heterocycles. The first kappa shape index (κ1) is 25.1. The first-order valence-corrected chi connectivity index (χ1v) is 11.4. The lowest BCUT2D eigenvalue weighted by molar-refractivity contribution is -0.138. The Hall–Kier alpha value is -3.98.